The summed E-state index contributed by atoms with van der Waals surface area (Å²) in [6.07, 6.45) is 2.94. The van der Waals surface area contributed by atoms with Crippen molar-refractivity contribution in [3.8, 4) is 0 Å². The van der Waals surface area contributed by atoms with E-state index in [0.29, 0.717) is 38.5 Å². The van der Waals surface area contributed by atoms with Gasteiger partial charge in [0.25, 0.3) is 0 Å². The van der Waals surface area contributed by atoms with E-state index in [1.807, 2.05) is 55.4 Å². The van der Waals surface area contributed by atoms with Crippen molar-refractivity contribution in [2.75, 3.05) is 13.2 Å². The number of hydrogen-bond acceptors (Lipinski definition) is 8. The molecule has 0 amide bonds. The molecule has 0 rings (SSSR count). The van der Waals surface area contributed by atoms with E-state index in [1.54, 1.807) is 0 Å². The van der Waals surface area contributed by atoms with Crippen molar-refractivity contribution in [3.63, 3.8) is 0 Å². The summed E-state index contributed by atoms with van der Waals surface area (Å²) in [6, 6.07) is 0. The SMILES string of the molecule is CCC(C)OP(=O)(OCCCCOP(=O)(OC(C)CC)OC(C)CC)OC(C)CC. The third-order valence-corrected chi connectivity index (χ3v) is 8.04. The van der Waals surface area contributed by atoms with Gasteiger partial charge in [0.1, 0.15) is 0 Å². The van der Waals surface area contributed by atoms with E-state index in [4.69, 9.17) is 27.1 Å². The standard InChI is InChI=1S/C20H44O8P2/c1-9-17(5)25-29(21,26-18(6)10-2)23-15-13-14-16-24-30(22,27-19(7)11-3)28-20(8)12-4/h17-20H,9-16H2,1-8H3. The van der Waals surface area contributed by atoms with Crippen LogP contribution in [0.15, 0.2) is 0 Å². The van der Waals surface area contributed by atoms with Crippen molar-refractivity contribution in [2.24, 2.45) is 0 Å². The second-order valence-corrected chi connectivity index (χ2v) is 10.7. The molecular formula is C20H44O8P2. The Bertz CT molecular complexity index is 453. The largest absolute Gasteiger partial charge is 0.475 e. The molecule has 0 saturated heterocycles. The fourth-order valence-corrected chi connectivity index (χ4v) is 5.32. The first-order valence-corrected chi connectivity index (χ1v) is 14.2. The van der Waals surface area contributed by atoms with Gasteiger partial charge in [0, 0.05) is 0 Å². The summed E-state index contributed by atoms with van der Waals surface area (Å²) in [4.78, 5) is 0. The molecule has 0 spiro atoms. The minimum atomic E-state index is -3.64. The lowest BCUT2D eigenvalue weighted by Crippen LogP contribution is -2.14. The first-order valence-electron chi connectivity index (χ1n) is 11.3. The maximum absolute atomic E-state index is 12.9. The highest BCUT2D eigenvalue weighted by Crippen LogP contribution is 2.53. The highest BCUT2D eigenvalue weighted by atomic mass is 31.2. The summed E-state index contributed by atoms with van der Waals surface area (Å²) in [5, 5.41) is 0. The van der Waals surface area contributed by atoms with Crippen LogP contribution in [0.5, 0.6) is 0 Å². The molecule has 0 aliphatic carbocycles. The van der Waals surface area contributed by atoms with Gasteiger partial charge in [-0.1, -0.05) is 27.7 Å². The van der Waals surface area contributed by atoms with Crippen LogP contribution in [-0.2, 0) is 36.3 Å². The molecule has 0 radical (unpaired) electrons. The molecule has 0 aromatic carbocycles. The van der Waals surface area contributed by atoms with Gasteiger partial charge in [0.15, 0.2) is 0 Å². The predicted octanol–water partition coefficient (Wildman–Crippen LogP) is 7.28. The fourth-order valence-electron chi connectivity index (χ4n) is 1.91. The van der Waals surface area contributed by atoms with Crippen molar-refractivity contribution < 1.29 is 36.3 Å². The molecule has 0 aliphatic rings. The number of rotatable bonds is 19. The number of hydrogen-bond donors (Lipinski definition) is 0. The maximum Gasteiger partial charge on any atom is 0.475 e. The van der Waals surface area contributed by atoms with Gasteiger partial charge in [-0.3, -0.25) is 27.1 Å². The Morgan fingerprint density at radius 3 is 0.967 bits per heavy atom. The molecule has 0 fully saturated rings. The Balaban J connectivity index is 4.59. The Morgan fingerprint density at radius 1 is 0.533 bits per heavy atom. The molecule has 30 heavy (non-hydrogen) atoms. The van der Waals surface area contributed by atoms with Crippen LogP contribution >= 0.6 is 15.6 Å². The van der Waals surface area contributed by atoms with E-state index in [9.17, 15) is 9.13 Å². The minimum Gasteiger partial charge on any atom is -0.287 e. The molecular weight excluding hydrogens is 430 g/mol. The summed E-state index contributed by atoms with van der Waals surface area (Å²) >= 11 is 0. The second-order valence-electron chi connectivity index (χ2n) is 7.57. The number of unbranched alkanes of at least 4 members (excludes halogenated alkanes) is 1. The van der Waals surface area contributed by atoms with Crippen molar-refractivity contribution >= 4 is 15.6 Å². The van der Waals surface area contributed by atoms with E-state index < -0.39 is 15.6 Å². The fraction of sp³-hybridized carbons (Fsp3) is 1.00. The van der Waals surface area contributed by atoms with Gasteiger partial charge in [-0.2, -0.15) is 0 Å². The minimum absolute atomic E-state index is 0.177. The van der Waals surface area contributed by atoms with Gasteiger partial charge in [-0.05, 0) is 66.2 Å². The highest BCUT2D eigenvalue weighted by molar-refractivity contribution is 7.48. The quantitative estimate of drug-likeness (QED) is 0.143. The van der Waals surface area contributed by atoms with E-state index in [2.05, 4.69) is 0 Å². The molecule has 10 heteroatoms. The molecule has 0 aromatic heterocycles. The van der Waals surface area contributed by atoms with Crippen LogP contribution in [0.25, 0.3) is 0 Å². The summed E-state index contributed by atoms with van der Waals surface area (Å²) in [6.45, 7) is 15.4. The van der Waals surface area contributed by atoms with Crippen LogP contribution in [0.2, 0.25) is 0 Å². The lowest BCUT2D eigenvalue weighted by atomic mass is 10.3. The molecule has 4 unspecified atom stereocenters. The van der Waals surface area contributed by atoms with Crippen molar-refractivity contribution in [2.45, 2.75) is 118 Å². The first-order chi connectivity index (χ1) is 14.0. The monoisotopic (exact) mass is 474 g/mol. The lowest BCUT2D eigenvalue weighted by Gasteiger charge is -2.24. The van der Waals surface area contributed by atoms with E-state index in [-0.39, 0.29) is 37.6 Å². The summed E-state index contributed by atoms with van der Waals surface area (Å²) in [5.41, 5.74) is 0. The van der Waals surface area contributed by atoms with Gasteiger partial charge in [-0.25, -0.2) is 9.13 Å². The van der Waals surface area contributed by atoms with E-state index in [0.717, 1.165) is 0 Å². The van der Waals surface area contributed by atoms with Gasteiger partial charge in [-0.15, -0.1) is 0 Å². The molecule has 0 aromatic rings. The highest BCUT2D eigenvalue weighted by Gasteiger charge is 2.32. The van der Waals surface area contributed by atoms with Gasteiger partial charge in [0.05, 0.1) is 37.6 Å². The zero-order valence-corrected chi connectivity index (χ0v) is 21.9. The summed E-state index contributed by atoms with van der Waals surface area (Å²) < 4.78 is 58.8. The molecule has 0 aliphatic heterocycles. The Hall–Kier alpha value is 0.220. The van der Waals surface area contributed by atoms with Crippen LogP contribution in [-0.4, -0.2) is 37.6 Å². The molecule has 0 saturated carbocycles. The van der Waals surface area contributed by atoms with Crippen LogP contribution < -0.4 is 0 Å². The van der Waals surface area contributed by atoms with Gasteiger partial charge < -0.3 is 0 Å². The molecule has 0 N–H and O–H groups in total. The topological polar surface area (TPSA) is 89.5 Å². The average molecular weight is 475 g/mol. The van der Waals surface area contributed by atoms with Gasteiger partial charge in [0.2, 0.25) is 0 Å². The van der Waals surface area contributed by atoms with Crippen molar-refractivity contribution in [3.05, 3.63) is 0 Å². The van der Waals surface area contributed by atoms with E-state index >= 15 is 0 Å². The Labute approximate surface area is 183 Å². The smallest absolute Gasteiger partial charge is 0.287 e. The van der Waals surface area contributed by atoms with Crippen LogP contribution in [0.3, 0.4) is 0 Å². The third-order valence-electron chi connectivity index (χ3n) is 4.57. The van der Waals surface area contributed by atoms with Crippen LogP contribution in [0, 0.1) is 0 Å². The Kier molecular flexibility index (Phi) is 16.0. The van der Waals surface area contributed by atoms with E-state index in [1.165, 1.54) is 0 Å². The third kappa shape index (κ3) is 13.6. The zero-order valence-electron chi connectivity index (χ0n) is 20.1. The molecule has 182 valence electrons. The first kappa shape index (κ1) is 30.2. The molecule has 4 atom stereocenters. The second kappa shape index (κ2) is 15.9. The summed E-state index contributed by atoms with van der Waals surface area (Å²) in [5.74, 6) is 0. The predicted molar refractivity (Wildman–Crippen MR) is 120 cm³/mol. The zero-order chi connectivity index (χ0) is 23.2. The average Bonchev–Trinajstić information content (AvgIpc) is 2.69. The van der Waals surface area contributed by atoms with Crippen LogP contribution in [0.1, 0.15) is 93.9 Å². The lowest BCUT2D eigenvalue weighted by molar-refractivity contribution is 0.0515. The molecule has 0 heterocycles. The van der Waals surface area contributed by atoms with Crippen molar-refractivity contribution in [1.82, 2.24) is 0 Å². The number of phosphoric ester groups is 2. The Morgan fingerprint density at radius 2 is 0.767 bits per heavy atom. The molecule has 8 nitrogen and oxygen atoms in total. The van der Waals surface area contributed by atoms with Crippen molar-refractivity contribution in [1.29, 1.82) is 0 Å². The van der Waals surface area contributed by atoms with Gasteiger partial charge >= 0.3 is 15.6 Å². The van der Waals surface area contributed by atoms with Crippen LogP contribution in [0.4, 0.5) is 0 Å². The number of phosphoric acid groups is 2. The summed E-state index contributed by atoms with van der Waals surface area (Å²) in [7, 11) is -7.27. The normalized spacial score (nSPS) is 20.1. The molecule has 0 bridgehead atoms. The maximum atomic E-state index is 12.9.